The largest absolute Gasteiger partial charge is 0.497 e. The lowest BCUT2D eigenvalue weighted by molar-refractivity contribution is 0.199. The van der Waals surface area contributed by atoms with Crippen LogP contribution in [-0.4, -0.2) is 33.9 Å². The third kappa shape index (κ3) is 5.52. The van der Waals surface area contributed by atoms with Crippen molar-refractivity contribution in [2.24, 2.45) is 0 Å². The Morgan fingerprint density at radius 3 is 2.76 bits per heavy atom. The Kier molecular flexibility index (Phi) is 7.24. The van der Waals surface area contributed by atoms with Crippen LogP contribution in [-0.2, 0) is 11.2 Å². The minimum atomic E-state index is 0.767. The maximum Gasteiger partial charge on any atom is 0.119 e. The summed E-state index contributed by atoms with van der Waals surface area (Å²) in [6.45, 7) is 2.69. The number of ether oxygens (including phenoxy) is 2. The molecule has 0 aliphatic heterocycles. The molecule has 1 aromatic carbocycles. The highest BCUT2D eigenvalue weighted by atomic mass is 79.9. The average molecular weight is 302 g/mol. The maximum atomic E-state index is 5.22. The molecule has 0 amide bonds. The monoisotopic (exact) mass is 301 g/mol. The Balaban J connectivity index is 2.30. The maximum absolute atomic E-state index is 5.22. The Morgan fingerprint density at radius 2 is 2.06 bits per heavy atom. The van der Waals surface area contributed by atoms with Gasteiger partial charge in [0.15, 0.2) is 0 Å². The molecular weight excluding hydrogens is 282 g/mol. The van der Waals surface area contributed by atoms with Crippen molar-refractivity contribution in [1.82, 2.24) is 5.32 Å². The van der Waals surface area contributed by atoms with Crippen LogP contribution in [0.1, 0.15) is 12.0 Å². The molecule has 0 unspecified atom stereocenters. The van der Waals surface area contributed by atoms with Crippen molar-refractivity contribution in [2.75, 3.05) is 33.9 Å². The lowest BCUT2D eigenvalue weighted by Gasteiger charge is -2.08. The first-order valence-corrected chi connectivity index (χ1v) is 6.59. The van der Waals surface area contributed by atoms with Crippen molar-refractivity contribution >= 4 is 15.9 Å². The lowest BCUT2D eigenvalue weighted by atomic mass is 10.1. The Hall–Kier alpha value is -0.580. The first-order valence-electron chi connectivity index (χ1n) is 5.80. The minimum Gasteiger partial charge on any atom is -0.497 e. The summed E-state index contributed by atoms with van der Waals surface area (Å²) in [6.07, 6.45) is 2.15. The van der Waals surface area contributed by atoms with Crippen LogP contribution in [0.2, 0.25) is 0 Å². The van der Waals surface area contributed by atoms with E-state index in [0.29, 0.717) is 0 Å². The fraction of sp³-hybridized carbons (Fsp3) is 0.538. The third-order valence-corrected chi connectivity index (χ3v) is 3.31. The van der Waals surface area contributed by atoms with Gasteiger partial charge in [-0.3, -0.25) is 0 Å². The zero-order valence-corrected chi connectivity index (χ0v) is 12.0. The van der Waals surface area contributed by atoms with Crippen LogP contribution in [0.3, 0.4) is 0 Å². The van der Waals surface area contributed by atoms with Crippen molar-refractivity contribution in [3.8, 4) is 5.75 Å². The first-order chi connectivity index (χ1) is 8.27. The number of rotatable bonds is 8. The van der Waals surface area contributed by atoms with Crippen LogP contribution in [0, 0.1) is 0 Å². The van der Waals surface area contributed by atoms with Crippen molar-refractivity contribution in [2.45, 2.75) is 12.8 Å². The van der Waals surface area contributed by atoms with Gasteiger partial charge in [0.2, 0.25) is 0 Å². The fourth-order valence-electron chi connectivity index (χ4n) is 1.57. The molecule has 0 aliphatic rings. The van der Waals surface area contributed by atoms with Gasteiger partial charge in [-0.05, 0) is 43.1 Å². The van der Waals surface area contributed by atoms with E-state index in [0.717, 1.165) is 42.8 Å². The topological polar surface area (TPSA) is 30.5 Å². The molecule has 1 rings (SSSR count). The summed E-state index contributed by atoms with van der Waals surface area (Å²) in [7, 11) is 3.41. The van der Waals surface area contributed by atoms with Crippen molar-refractivity contribution in [3.05, 3.63) is 28.2 Å². The van der Waals surface area contributed by atoms with Gasteiger partial charge in [-0.2, -0.15) is 0 Å². The van der Waals surface area contributed by atoms with Crippen LogP contribution in [0.5, 0.6) is 5.75 Å². The summed E-state index contributed by atoms with van der Waals surface area (Å²) in [5, 5.41) is 3.33. The predicted octanol–water partition coefficient (Wildman–Crippen LogP) is 2.63. The molecule has 0 saturated carbocycles. The molecule has 0 saturated heterocycles. The van der Waals surface area contributed by atoms with Gasteiger partial charge in [0.25, 0.3) is 0 Å². The van der Waals surface area contributed by atoms with Gasteiger partial charge in [-0.15, -0.1) is 0 Å². The SMILES string of the molecule is COCCNCCCc1cc(OC)ccc1Br. The zero-order chi connectivity index (χ0) is 12.5. The van der Waals surface area contributed by atoms with Gasteiger partial charge in [0.05, 0.1) is 13.7 Å². The molecule has 1 N–H and O–H groups in total. The Labute approximate surface area is 112 Å². The summed E-state index contributed by atoms with van der Waals surface area (Å²) >= 11 is 3.56. The second kappa shape index (κ2) is 8.50. The van der Waals surface area contributed by atoms with E-state index in [1.165, 1.54) is 5.56 Å². The number of methoxy groups -OCH3 is 2. The molecular formula is C13H20BrNO2. The highest BCUT2D eigenvalue weighted by molar-refractivity contribution is 9.10. The van der Waals surface area contributed by atoms with E-state index < -0.39 is 0 Å². The third-order valence-electron chi connectivity index (χ3n) is 2.54. The van der Waals surface area contributed by atoms with Gasteiger partial charge >= 0.3 is 0 Å². The number of hydrogen-bond donors (Lipinski definition) is 1. The molecule has 0 fully saturated rings. The van der Waals surface area contributed by atoms with Gasteiger partial charge in [0, 0.05) is 18.1 Å². The van der Waals surface area contributed by atoms with E-state index in [1.807, 2.05) is 12.1 Å². The highest BCUT2D eigenvalue weighted by Crippen LogP contribution is 2.23. The molecule has 1 aromatic rings. The standard InChI is InChI=1S/C13H20BrNO2/c1-16-9-8-15-7-3-4-11-10-12(17-2)5-6-13(11)14/h5-6,10,15H,3-4,7-9H2,1-2H3. The van der Waals surface area contributed by atoms with E-state index >= 15 is 0 Å². The molecule has 96 valence electrons. The highest BCUT2D eigenvalue weighted by Gasteiger charge is 2.01. The van der Waals surface area contributed by atoms with Crippen LogP contribution in [0.15, 0.2) is 22.7 Å². The number of hydrogen-bond acceptors (Lipinski definition) is 3. The number of aryl methyl sites for hydroxylation is 1. The number of halogens is 1. The molecule has 0 spiro atoms. The molecule has 0 aromatic heterocycles. The Morgan fingerprint density at radius 1 is 1.24 bits per heavy atom. The smallest absolute Gasteiger partial charge is 0.119 e. The second-order valence-electron chi connectivity index (χ2n) is 3.80. The van der Waals surface area contributed by atoms with Gasteiger partial charge in [-0.1, -0.05) is 15.9 Å². The van der Waals surface area contributed by atoms with E-state index in [4.69, 9.17) is 9.47 Å². The molecule has 0 bridgehead atoms. The van der Waals surface area contributed by atoms with Gasteiger partial charge in [0.1, 0.15) is 5.75 Å². The minimum absolute atomic E-state index is 0.767. The number of nitrogens with one attached hydrogen (secondary N) is 1. The quantitative estimate of drug-likeness (QED) is 0.749. The van der Waals surface area contributed by atoms with E-state index in [2.05, 4.69) is 27.3 Å². The van der Waals surface area contributed by atoms with Gasteiger partial charge in [-0.25, -0.2) is 0 Å². The van der Waals surface area contributed by atoms with E-state index in [9.17, 15) is 0 Å². The van der Waals surface area contributed by atoms with Gasteiger partial charge < -0.3 is 14.8 Å². The van der Waals surface area contributed by atoms with E-state index in [1.54, 1.807) is 14.2 Å². The molecule has 0 radical (unpaired) electrons. The molecule has 0 aliphatic carbocycles. The normalized spacial score (nSPS) is 10.5. The van der Waals surface area contributed by atoms with Crippen LogP contribution >= 0.6 is 15.9 Å². The van der Waals surface area contributed by atoms with Crippen molar-refractivity contribution in [3.63, 3.8) is 0 Å². The first kappa shape index (κ1) is 14.5. The van der Waals surface area contributed by atoms with Crippen molar-refractivity contribution < 1.29 is 9.47 Å². The summed E-state index contributed by atoms with van der Waals surface area (Å²) in [5.74, 6) is 0.913. The number of benzene rings is 1. The summed E-state index contributed by atoms with van der Waals surface area (Å²) < 4.78 is 11.3. The molecule has 0 heterocycles. The molecule has 4 heteroatoms. The second-order valence-corrected chi connectivity index (χ2v) is 4.66. The summed E-state index contributed by atoms with van der Waals surface area (Å²) in [5.41, 5.74) is 1.29. The molecule has 17 heavy (non-hydrogen) atoms. The average Bonchev–Trinajstić information content (AvgIpc) is 2.35. The lowest BCUT2D eigenvalue weighted by Crippen LogP contribution is -2.20. The summed E-state index contributed by atoms with van der Waals surface area (Å²) in [6, 6.07) is 6.08. The zero-order valence-electron chi connectivity index (χ0n) is 10.5. The van der Waals surface area contributed by atoms with Crippen LogP contribution < -0.4 is 10.1 Å². The summed E-state index contributed by atoms with van der Waals surface area (Å²) in [4.78, 5) is 0. The van der Waals surface area contributed by atoms with Crippen molar-refractivity contribution in [1.29, 1.82) is 0 Å². The van der Waals surface area contributed by atoms with Crippen LogP contribution in [0.25, 0.3) is 0 Å². The van der Waals surface area contributed by atoms with E-state index in [-0.39, 0.29) is 0 Å². The fourth-order valence-corrected chi connectivity index (χ4v) is 2.02. The predicted molar refractivity (Wildman–Crippen MR) is 73.8 cm³/mol. The van der Waals surface area contributed by atoms with Crippen LogP contribution in [0.4, 0.5) is 0 Å². The molecule has 0 atom stereocenters. The Bertz CT molecular complexity index is 331. The molecule has 3 nitrogen and oxygen atoms in total.